The lowest BCUT2D eigenvalue weighted by atomic mass is 10.0. The van der Waals surface area contributed by atoms with E-state index in [2.05, 4.69) is 60.5 Å². The third-order valence-corrected chi connectivity index (χ3v) is 10.0. The summed E-state index contributed by atoms with van der Waals surface area (Å²) in [7, 11) is 5.51. The normalized spacial score (nSPS) is 15.3. The lowest BCUT2D eigenvalue weighted by molar-refractivity contribution is 0.0544. The maximum absolute atomic E-state index is 5.87. The average molecular weight is 647 g/mol. The third-order valence-electron chi connectivity index (χ3n) is 7.56. The topological polar surface area (TPSA) is 71.0 Å². The van der Waals surface area contributed by atoms with E-state index in [4.69, 9.17) is 33.4 Å². The Morgan fingerprint density at radius 3 is 1.89 bits per heavy atom. The molecule has 10 heteroatoms. The molecule has 0 fully saturated rings. The number of hydrogen-bond acceptors (Lipinski definition) is 10. The monoisotopic (exact) mass is 646 g/mol. The van der Waals surface area contributed by atoms with E-state index in [0.29, 0.717) is 52.9 Å². The van der Waals surface area contributed by atoms with Crippen LogP contribution in [0.2, 0.25) is 0 Å². The molecule has 8 nitrogen and oxygen atoms in total. The molecule has 45 heavy (non-hydrogen) atoms. The highest BCUT2D eigenvalue weighted by Crippen LogP contribution is 2.55. The molecule has 0 amide bonds. The molecule has 0 radical (unpaired) electrons. The molecule has 6 rings (SSSR count). The summed E-state index contributed by atoms with van der Waals surface area (Å²) >= 11 is 3.60. The van der Waals surface area contributed by atoms with E-state index < -0.39 is 0 Å². The van der Waals surface area contributed by atoms with Gasteiger partial charge in [-0.15, -0.1) is 0 Å². The molecule has 4 aromatic carbocycles. The highest BCUT2D eigenvalue weighted by atomic mass is 32.2. The molecule has 0 bridgehead atoms. The van der Waals surface area contributed by atoms with E-state index in [1.165, 1.54) is 31.8 Å². The maximum Gasteiger partial charge on any atom is 0.119 e. The first-order chi connectivity index (χ1) is 22.2. The lowest BCUT2D eigenvalue weighted by Crippen LogP contribution is -2.24. The van der Waals surface area contributed by atoms with E-state index >= 15 is 0 Å². The minimum Gasteiger partial charge on any atom is -0.491 e. The third kappa shape index (κ3) is 7.43. The Morgan fingerprint density at radius 2 is 1.24 bits per heavy atom. The Balaban J connectivity index is 1.13. The molecule has 0 spiro atoms. The molecule has 236 valence electrons. The molecule has 4 aromatic rings. The van der Waals surface area contributed by atoms with Crippen LogP contribution in [0.25, 0.3) is 10.8 Å². The molecule has 1 unspecified atom stereocenters. The van der Waals surface area contributed by atoms with Crippen LogP contribution in [0.1, 0.15) is 16.5 Å². The van der Waals surface area contributed by atoms with Crippen molar-refractivity contribution >= 4 is 50.7 Å². The molecule has 1 atom stereocenters. The van der Waals surface area contributed by atoms with Crippen molar-refractivity contribution in [2.75, 3.05) is 79.0 Å². The SMILES string of the molecule is COCCOCCOc1ccc(C2=Nc3ccc4c5c(ccc(c35)S2)N(C)C(c2ccc(OCCOCCOC)cc2)S4)cc1. The van der Waals surface area contributed by atoms with E-state index in [0.717, 1.165) is 27.8 Å². The molecule has 0 saturated carbocycles. The summed E-state index contributed by atoms with van der Waals surface area (Å²) in [5.74, 6) is 1.65. The molecular formula is C35H38N2O6S2. The second-order valence-electron chi connectivity index (χ2n) is 10.5. The van der Waals surface area contributed by atoms with Gasteiger partial charge in [0.2, 0.25) is 0 Å². The van der Waals surface area contributed by atoms with Crippen molar-refractivity contribution in [3.63, 3.8) is 0 Å². The lowest BCUT2D eigenvalue weighted by Gasteiger charge is -2.36. The fourth-order valence-corrected chi connectivity index (χ4v) is 7.62. The highest BCUT2D eigenvalue weighted by molar-refractivity contribution is 8.14. The van der Waals surface area contributed by atoms with Gasteiger partial charge in [-0.1, -0.05) is 35.7 Å². The zero-order valence-electron chi connectivity index (χ0n) is 25.8. The summed E-state index contributed by atoms with van der Waals surface area (Å²) in [6, 6.07) is 25.4. The summed E-state index contributed by atoms with van der Waals surface area (Å²) in [5, 5.41) is 3.63. The molecule has 0 aliphatic carbocycles. The van der Waals surface area contributed by atoms with Crippen molar-refractivity contribution in [1.29, 1.82) is 0 Å². The smallest absolute Gasteiger partial charge is 0.119 e. The van der Waals surface area contributed by atoms with Crippen molar-refractivity contribution in [2.24, 2.45) is 4.99 Å². The summed E-state index contributed by atoms with van der Waals surface area (Å²) < 4.78 is 32.7. The van der Waals surface area contributed by atoms with Crippen LogP contribution in [0.15, 0.2) is 87.6 Å². The summed E-state index contributed by atoms with van der Waals surface area (Å²) in [6.45, 7) is 4.39. The molecular weight excluding hydrogens is 609 g/mol. The van der Waals surface area contributed by atoms with Gasteiger partial charge in [-0.2, -0.15) is 0 Å². The Bertz CT molecular complexity index is 1610. The van der Waals surface area contributed by atoms with E-state index in [-0.39, 0.29) is 5.37 Å². The molecule has 0 aromatic heterocycles. The van der Waals surface area contributed by atoms with Crippen LogP contribution in [0, 0.1) is 0 Å². The van der Waals surface area contributed by atoms with Gasteiger partial charge in [0.1, 0.15) is 35.1 Å². The molecule has 0 saturated heterocycles. The van der Waals surface area contributed by atoms with Gasteiger partial charge in [0.25, 0.3) is 0 Å². The van der Waals surface area contributed by atoms with Gasteiger partial charge >= 0.3 is 0 Å². The van der Waals surface area contributed by atoms with Crippen molar-refractivity contribution in [1.82, 2.24) is 0 Å². The molecule has 2 heterocycles. The van der Waals surface area contributed by atoms with Gasteiger partial charge in [0.05, 0.1) is 45.3 Å². The number of ether oxygens (including phenoxy) is 6. The summed E-state index contributed by atoms with van der Waals surface area (Å²) in [6.07, 6.45) is 0. The number of methoxy groups -OCH3 is 2. The van der Waals surface area contributed by atoms with Crippen LogP contribution in [-0.4, -0.2) is 79.2 Å². The van der Waals surface area contributed by atoms with Crippen molar-refractivity contribution in [2.45, 2.75) is 15.2 Å². The largest absolute Gasteiger partial charge is 0.491 e. The van der Waals surface area contributed by atoms with Crippen LogP contribution >= 0.6 is 23.5 Å². The Morgan fingerprint density at radius 1 is 0.644 bits per heavy atom. The van der Waals surface area contributed by atoms with Crippen molar-refractivity contribution in [3.8, 4) is 11.5 Å². The zero-order valence-corrected chi connectivity index (χ0v) is 27.5. The fourth-order valence-electron chi connectivity index (χ4n) is 5.29. The first kappa shape index (κ1) is 31.7. The van der Waals surface area contributed by atoms with Crippen LogP contribution in [0.3, 0.4) is 0 Å². The maximum atomic E-state index is 5.87. The van der Waals surface area contributed by atoms with E-state index in [1.54, 1.807) is 26.0 Å². The number of hydrogen-bond donors (Lipinski definition) is 0. The second-order valence-corrected chi connectivity index (χ2v) is 12.7. The second kappa shape index (κ2) is 15.4. The molecule has 0 N–H and O–H groups in total. The van der Waals surface area contributed by atoms with Gasteiger partial charge in [-0.05, 0) is 66.2 Å². The van der Waals surface area contributed by atoms with Crippen LogP contribution in [0.5, 0.6) is 11.5 Å². The number of aliphatic imine (C=N–C) groups is 1. The fraction of sp³-hybridized carbons (Fsp3) is 0.343. The van der Waals surface area contributed by atoms with E-state index in [9.17, 15) is 0 Å². The zero-order chi connectivity index (χ0) is 31.0. The minimum absolute atomic E-state index is 0.149. The molecule has 2 aliphatic rings. The van der Waals surface area contributed by atoms with E-state index in [1.807, 2.05) is 36.0 Å². The number of thioether (sulfide) groups is 2. The molecule has 2 aliphatic heterocycles. The van der Waals surface area contributed by atoms with Crippen LogP contribution in [-0.2, 0) is 18.9 Å². The number of anilines is 1. The quantitative estimate of drug-likeness (QED) is 0.116. The first-order valence-corrected chi connectivity index (χ1v) is 16.7. The van der Waals surface area contributed by atoms with Crippen molar-refractivity contribution < 1.29 is 28.4 Å². The summed E-state index contributed by atoms with van der Waals surface area (Å²) in [5.41, 5.74) is 4.52. The number of nitrogens with zero attached hydrogens (tertiary/aromatic N) is 2. The number of benzene rings is 4. The van der Waals surface area contributed by atoms with Crippen LogP contribution < -0.4 is 14.4 Å². The van der Waals surface area contributed by atoms with Crippen LogP contribution in [0.4, 0.5) is 11.4 Å². The predicted octanol–water partition coefficient (Wildman–Crippen LogP) is 7.35. The van der Waals surface area contributed by atoms with Gasteiger partial charge < -0.3 is 33.3 Å². The highest BCUT2D eigenvalue weighted by Gasteiger charge is 2.30. The van der Waals surface area contributed by atoms with Crippen molar-refractivity contribution in [3.05, 3.63) is 83.9 Å². The van der Waals surface area contributed by atoms with Gasteiger partial charge in [0.15, 0.2) is 0 Å². The predicted molar refractivity (Wildman–Crippen MR) is 182 cm³/mol. The summed E-state index contributed by atoms with van der Waals surface area (Å²) in [4.78, 5) is 9.98. The number of rotatable bonds is 16. The Labute approximate surface area is 273 Å². The van der Waals surface area contributed by atoms with Gasteiger partial charge in [-0.25, -0.2) is 4.99 Å². The average Bonchev–Trinajstić information content (AvgIpc) is 3.08. The Hall–Kier alpha value is -3.25. The van der Waals surface area contributed by atoms with Gasteiger partial charge in [0, 0.05) is 53.1 Å². The standard InChI is InChI=1S/C35H38N2O6S2/c1-37-29-13-15-30-32-28(36-34(44-30)24-4-8-26(9-5-24)42-22-20-40-18-16-38-2)12-14-31(33(29)32)45-35(37)25-6-10-27(11-7-25)43-23-21-41-19-17-39-3/h4-15,35H,16-23H2,1-3H3. The minimum atomic E-state index is 0.149. The Kier molecular flexibility index (Phi) is 10.8. The first-order valence-electron chi connectivity index (χ1n) is 15.0. The van der Waals surface area contributed by atoms with Gasteiger partial charge in [-0.3, -0.25) is 0 Å².